The minimum atomic E-state index is 0.0215. The third-order valence-electron chi connectivity index (χ3n) is 2.61. The Labute approximate surface area is 131 Å². The number of aromatic nitrogens is 3. The molecule has 0 radical (unpaired) electrons. The summed E-state index contributed by atoms with van der Waals surface area (Å²) in [7, 11) is 3.80. The maximum Gasteiger partial charge on any atom is 0.153 e. The van der Waals surface area contributed by atoms with Crippen LogP contribution in [0.15, 0.2) is 31.7 Å². The molecule has 1 unspecified atom stereocenters. The second-order valence-electron chi connectivity index (χ2n) is 3.81. The van der Waals surface area contributed by atoms with Gasteiger partial charge in [-0.1, -0.05) is 37.1 Å². The Morgan fingerprint density at radius 3 is 2.22 bits per heavy atom. The molecule has 96 valence electrons. The van der Waals surface area contributed by atoms with Crippen molar-refractivity contribution in [3.05, 3.63) is 43.0 Å². The fourth-order valence-corrected chi connectivity index (χ4v) is 3.73. The molecule has 0 bridgehead atoms. The molecule has 0 aliphatic carbocycles. The second kappa shape index (κ2) is 5.81. The highest BCUT2D eigenvalue weighted by molar-refractivity contribution is 9.11. The van der Waals surface area contributed by atoms with Crippen molar-refractivity contribution in [2.75, 3.05) is 7.05 Å². The van der Waals surface area contributed by atoms with Crippen LogP contribution >= 0.6 is 47.8 Å². The Morgan fingerprint density at radius 2 is 1.78 bits per heavy atom. The standard InChI is InChI=1S/C11H11Br3N4/c1-15-9(10-11(14)16-17-18(10)2)6-3-7(12)5-8(13)4-6/h3-5,9,15H,1-2H3. The van der Waals surface area contributed by atoms with Crippen LogP contribution in [0, 0.1) is 0 Å². The highest BCUT2D eigenvalue weighted by Crippen LogP contribution is 2.30. The van der Waals surface area contributed by atoms with Gasteiger partial charge in [-0.25, -0.2) is 4.68 Å². The van der Waals surface area contributed by atoms with Gasteiger partial charge in [-0.05, 0) is 46.7 Å². The van der Waals surface area contributed by atoms with Crippen molar-refractivity contribution in [2.24, 2.45) is 7.05 Å². The van der Waals surface area contributed by atoms with Gasteiger partial charge in [-0.15, -0.1) is 5.10 Å². The van der Waals surface area contributed by atoms with Crippen molar-refractivity contribution in [1.29, 1.82) is 0 Å². The first-order valence-corrected chi connectivity index (χ1v) is 7.59. The Kier molecular flexibility index (Phi) is 4.58. The van der Waals surface area contributed by atoms with E-state index in [9.17, 15) is 0 Å². The van der Waals surface area contributed by atoms with E-state index >= 15 is 0 Å². The molecule has 0 saturated carbocycles. The van der Waals surface area contributed by atoms with Crippen molar-refractivity contribution in [3.8, 4) is 0 Å². The van der Waals surface area contributed by atoms with Gasteiger partial charge in [0.2, 0.25) is 0 Å². The van der Waals surface area contributed by atoms with Crippen LogP contribution in [-0.4, -0.2) is 22.0 Å². The topological polar surface area (TPSA) is 42.7 Å². The number of hydrogen-bond donors (Lipinski definition) is 1. The van der Waals surface area contributed by atoms with Crippen molar-refractivity contribution < 1.29 is 0 Å². The van der Waals surface area contributed by atoms with Crippen LogP contribution in [-0.2, 0) is 7.05 Å². The van der Waals surface area contributed by atoms with Crippen LogP contribution in [0.3, 0.4) is 0 Å². The van der Waals surface area contributed by atoms with Gasteiger partial charge in [0.05, 0.1) is 11.7 Å². The van der Waals surface area contributed by atoms with E-state index in [1.54, 1.807) is 4.68 Å². The van der Waals surface area contributed by atoms with Crippen LogP contribution < -0.4 is 5.32 Å². The Bertz CT molecular complexity index is 528. The van der Waals surface area contributed by atoms with E-state index in [1.165, 1.54) is 0 Å². The number of hydrogen-bond acceptors (Lipinski definition) is 3. The predicted molar refractivity (Wildman–Crippen MR) is 81.4 cm³/mol. The lowest BCUT2D eigenvalue weighted by atomic mass is 10.0. The zero-order valence-electron chi connectivity index (χ0n) is 9.78. The molecule has 1 heterocycles. The molecule has 7 heteroatoms. The first kappa shape index (κ1) is 14.2. The summed E-state index contributed by atoms with van der Waals surface area (Å²) in [5, 5.41) is 11.3. The zero-order valence-corrected chi connectivity index (χ0v) is 14.5. The minimum absolute atomic E-state index is 0.0215. The van der Waals surface area contributed by atoms with Gasteiger partial charge in [-0.2, -0.15) is 0 Å². The van der Waals surface area contributed by atoms with E-state index in [2.05, 4.69) is 75.6 Å². The van der Waals surface area contributed by atoms with Gasteiger partial charge < -0.3 is 5.32 Å². The van der Waals surface area contributed by atoms with Gasteiger partial charge in [-0.3, -0.25) is 0 Å². The third-order valence-corrected chi connectivity index (χ3v) is 4.09. The number of nitrogens with zero attached hydrogens (tertiary/aromatic N) is 3. The molecule has 0 saturated heterocycles. The summed E-state index contributed by atoms with van der Waals surface area (Å²) in [6, 6.07) is 6.18. The van der Waals surface area contributed by atoms with Crippen molar-refractivity contribution in [1.82, 2.24) is 20.3 Å². The SMILES string of the molecule is CNC(c1cc(Br)cc(Br)c1)c1c(Br)nnn1C. The third kappa shape index (κ3) is 2.84. The van der Waals surface area contributed by atoms with Crippen molar-refractivity contribution in [2.45, 2.75) is 6.04 Å². The average Bonchev–Trinajstić information content (AvgIpc) is 2.61. The summed E-state index contributed by atoms with van der Waals surface area (Å²) in [6.45, 7) is 0. The molecule has 0 aliphatic rings. The molecule has 2 rings (SSSR count). The minimum Gasteiger partial charge on any atom is -0.308 e. The van der Waals surface area contributed by atoms with E-state index < -0.39 is 0 Å². The monoisotopic (exact) mass is 436 g/mol. The average molecular weight is 439 g/mol. The lowest BCUT2D eigenvalue weighted by molar-refractivity contribution is 0.596. The molecule has 18 heavy (non-hydrogen) atoms. The zero-order chi connectivity index (χ0) is 13.3. The van der Waals surface area contributed by atoms with Gasteiger partial charge >= 0.3 is 0 Å². The Morgan fingerprint density at radius 1 is 1.17 bits per heavy atom. The summed E-state index contributed by atoms with van der Waals surface area (Å²) < 4.78 is 4.57. The van der Waals surface area contributed by atoms with E-state index in [-0.39, 0.29) is 6.04 Å². The first-order chi connectivity index (χ1) is 8.52. The molecule has 1 N–H and O–H groups in total. The van der Waals surface area contributed by atoms with E-state index in [4.69, 9.17) is 0 Å². The molecule has 1 aromatic carbocycles. The highest BCUT2D eigenvalue weighted by Gasteiger charge is 2.21. The molecular formula is C11H11Br3N4. The van der Waals surface area contributed by atoms with Gasteiger partial charge in [0.1, 0.15) is 0 Å². The molecule has 0 aliphatic heterocycles. The summed E-state index contributed by atoms with van der Waals surface area (Å²) in [5.41, 5.74) is 2.12. The summed E-state index contributed by atoms with van der Waals surface area (Å²) in [5.74, 6) is 0. The molecule has 0 fully saturated rings. The van der Waals surface area contributed by atoms with Gasteiger partial charge in [0, 0.05) is 16.0 Å². The molecule has 1 atom stereocenters. The number of nitrogens with one attached hydrogen (secondary N) is 1. The molecule has 0 amide bonds. The highest BCUT2D eigenvalue weighted by atomic mass is 79.9. The van der Waals surface area contributed by atoms with Crippen LogP contribution in [0.5, 0.6) is 0 Å². The second-order valence-corrected chi connectivity index (χ2v) is 6.40. The summed E-state index contributed by atoms with van der Waals surface area (Å²) in [6.07, 6.45) is 0. The molecule has 1 aromatic heterocycles. The number of benzene rings is 1. The van der Waals surface area contributed by atoms with Crippen LogP contribution in [0.4, 0.5) is 0 Å². The fourth-order valence-electron chi connectivity index (χ4n) is 1.85. The summed E-state index contributed by atoms with van der Waals surface area (Å²) >= 11 is 10.4. The molecule has 0 spiro atoms. The number of halogens is 3. The Hall–Kier alpha value is -0.240. The molecular weight excluding hydrogens is 428 g/mol. The maximum absolute atomic E-state index is 4.02. The van der Waals surface area contributed by atoms with Crippen LogP contribution in [0.2, 0.25) is 0 Å². The smallest absolute Gasteiger partial charge is 0.153 e. The fraction of sp³-hybridized carbons (Fsp3) is 0.273. The maximum atomic E-state index is 4.02. The van der Waals surface area contributed by atoms with Crippen LogP contribution in [0.1, 0.15) is 17.3 Å². The van der Waals surface area contributed by atoms with E-state index in [1.807, 2.05) is 20.2 Å². The Balaban J connectivity index is 2.52. The number of aryl methyl sites for hydroxylation is 1. The van der Waals surface area contributed by atoms with E-state index in [0.29, 0.717) is 0 Å². The van der Waals surface area contributed by atoms with E-state index in [0.717, 1.165) is 24.8 Å². The lowest BCUT2D eigenvalue weighted by Crippen LogP contribution is -2.21. The predicted octanol–water partition coefficient (Wildman–Crippen LogP) is 3.41. The largest absolute Gasteiger partial charge is 0.308 e. The normalized spacial score (nSPS) is 12.7. The van der Waals surface area contributed by atoms with Crippen molar-refractivity contribution >= 4 is 47.8 Å². The molecule has 4 nitrogen and oxygen atoms in total. The van der Waals surface area contributed by atoms with Crippen LogP contribution in [0.25, 0.3) is 0 Å². The summed E-state index contributed by atoms with van der Waals surface area (Å²) in [4.78, 5) is 0. The van der Waals surface area contributed by atoms with Crippen molar-refractivity contribution in [3.63, 3.8) is 0 Å². The van der Waals surface area contributed by atoms with Gasteiger partial charge in [0.25, 0.3) is 0 Å². The van der Waals surface area contributed by atoms with Gasteiger partial charge in [0.15, 0.2) is 4.60 Å². The number of rotatable bonds is 3. The quantitative estimate of drug-likeness (QED) is 0.798. The molecule has 2 aromatic rings. The first-order valence-electron chi connectivity index (χ1n) is 5.21. The lowest BCUT2D eigenvalue weighted by Gasteiger charge is -2.17.